The fourth-order valence-electron chi connectivity index (χ4n) is 4.17. The molecule has 0 spiro atoms. The van der Waals surface area contributed by atoms with Crippen molar-refractivity contribution < 1.29 is 14.3 Å². The highest BCUT2D eigenvalue weighted by atomic mass is 32.1. The first kappa shape index (κ1) is 21.3. The Morgan fingerprint density at radius 3 is 2.48 bits per heavy atom. The number of aryl methyl sites for hydroxylation is 2. The summed E-state index contributed by atoms with van der Waals surface area (Å²) in [6.07, 6.45) is 0.746. The van der Waals surface area contributed by atoms with Crippen molar-refractivity contribution in [2.45, 2.75) is 40.2 Å². The van der Waals surface area contributed by atoms with Crippen LogP contribution in [0.1, 0.15) is 57.7 Å². The van der Waals surface area contributed by atoms with Crippen LogP contribution in [0.15, 0.2) is 45.6 Å². The van der Waals surface area contributed by atoms with Gasteiger partial charge in [-0.15, -0.1) is 10.2 Å². The van der Waals surface area contributed by atoms with Crippen molar-refractivity contribution in [3.8, 4) is 5.75 Å². The summed E-state index contributed by atoms with van der Waals surface area (Å²) < 4.78 is 6.05. The number of rotatable bonds is 4. The quantitative estimate of drug-likeness (QED) is 0.464. The molecule has 2 aromatic heterocycles. The van der Waals surface area contributed by atoms with E-state index in [2.05, 4.69) is 24.0 Å². The molecule has 0 aliphatic carbocycles. The second-order valence-electron chi connectivity index (χ2n) is 8.85. The minimum atomic E-state index is -0.727. The van der Waals surface area contributed by atoms with Gasteiger partial charge in [-0.1, -0.05) is 37.3 Å². The number of aromatic hydroxyl groups is 1. The first-order valence-corrected chi connectivity index (χ1v) is 11.6. The van der Waals surface area contributed by atoms with Gasteiger partial charge in [0.1, 0.15) is 16.3 Å². The van der Waals surface area contributed by atoms with E-state index in [1.54, 1.807) is 18.2 Å². The summed E-state index contributed by atoms with van der Waals surface area (Å²) in [6, 6.07) is 9.36. The summed E-state index contributed by atoms with van der Waals surface area (Å²) in [5.74, 6) is 0.0915. The van der Waals surface area contributed by atoms with Crippen LogP contribution >= 0.6 is 11.3 Å². The van der Waals surface area contributed by atoms with E-state index in [0.717, 1.165) is 22.6 Å². The third kappa shape index (κ3) is 3.51. The molecule has 2 aromatic carbocycles. The zero-order valence-corrected chi connectivity index (χ0v) is 19.6. The van der Waals surface area contributed by atoms with Crippen molar-refractivity contribution in [3.63, 3.8) is 0 Å². The Morgan fingerprint density at radius 2 is 1.79 bits per heavy atom. The molecule has 1 aliphatic heterocycles. The lowest BCUT2D eigenvalue weighted by Gasteiger charge is -2.22. The molecule has 0 saturated carbocycles. The number of hydrogen-bond donors (Lipinski definition) is 1. The zero-order valence-electron chi connectivity index (χ0n) is 18.7. The number of anilines is 1. The second kappa shape index (κ2) is 7.81. The predicted molar refractivity (Wildman–Crippen MR) is 127 cm³/mol. The minimum absolute atomic E-state index is 0.0226. The molecule has 0 fully saturated rings. The molecule has 7 nitrogen and oxygen atoms in total. The van der Waals surface area contributed by atoms with Crippen LogP contribution in [0.2, 0.25) is 0 Å². The molecule has 0 bridgehead atoms. The molecule has 4 aromatic rings. The Labute approximate surface area is 194 Å². The predicted octanol–water partition coefficient (Wildman–Crippen LogP) is 4.92. The Kier molecular flexibility index (Phi) is 5.05. The van der Waals surface area contributed by atoms with Crippen LogP contribution in [0.5, 0.6) is 5.75 Å². The van der Waals surface area contributed by atoms with Gasteiger partial charge in [0.05, 0.1) is 17.0 Å². The maximum Gasteiger partial charge on any atom is 0.297 e. The molecule has 1 N–H and O–H groups in total. The number of amides is 1. The van der Waals surface area contributed by atoms with E-state index < -0.39 is 11.9 Å². The molecule has 0 saturated heterocycles. The number of carbonyl (C=O) groups is 1. The first-order chi connectivity index (χ1) is 15.7. The highest BCUT2D eigenvalue weighted by Crippen LogP contribution is 2.42. The average Bonchev–Trinajstić information content (AvgIpc) is 3.32. The number of phenolic OH excluding ortho intramolecular Hbond substituents is 1. The second-order valence-corrected chi connectivity index (χ2v) is 9.89. The van der Waals surface area contributed by atoms with Crippen LogP contribution in [0.3, 0.4) is 0 Å². The third-order valence-electron chi connectivity index (χ3n) is 5.94. The van der Waals surface area contributed by atoms with Crippen LogP contribution < -0.4 is 10.3 Å². The lowest BCUT2D eigenvalue weighted by Crippen LogP contribution is -2.29. The number of carbonyl (C=O) groups excluding carboxylic acids is 1. The molecule has 0 unspecified atom stereocenters. The Bertz CT molecular complexity index is 1450. The van der Waals surface area contributed by atoms with E-state index in [1.807, 2.05) is 19.9 Å². The monoisotopic (exact) mass is 461 g/mol. The number of hydrogen-bond acceptors (Lipinski definition) is 7. The number of aromatic nitrogens is 2. The van der Waals surface area contributed by atoms with Crippen molar-refractivity contribution in [2.75, 3.05) is 4.90 Å². The van der Waals surface area contributed by atoms with Gasteiger partial charge in [-0.05, 0) is 60.7 Å². The maximum atomic E-state index is 13.7. The molecule has 1 amide bonds. The van der Waals surface area contributed by atoms with Gasteiger partial charge in [0.15, 0.2) is 5.43 Å². The van der Waals surface area contributed by atoms with E-state index in [4.69, 9.17) is 4.42 Å². The largest absolute Gasteiger partial charge is 0.508 e. The van der Waals surface area contributed by atoms with Gasteiger partial charge in [0.2, 0.25) is 10.9 Å². The van der Waals surface area contributed by atoms with Crippen molar-refractivity contribution in [3.05, 3.63) is 79.6 Å². The summed E-state index contributed by atoms with van der Waals surface area (Å²) in [5, 5.41) is 20.0. The zero-order chi connectivity index (χ0) is 23.4. The lowest BCUT2D eigenvalue weighted by molar-refractivity contribution is 0.0970. The van der Waals surface area contributed by atoms with Crippen LogP contribution in [0, 0.1) is 19.8 Å². The van der Waals surface area contributed by atoms with Crippen LogP contribution in [-0.2, 0) is 6.42 Å². The topological polar surface area (TPSA) is 96.5 Å². The molecule has 1 aliphatic rings. The van der Waals surface area contributed by atoms with Crippen molar-refractivity contribution >= 4 is 33.3 Å². The molecular formula is C25H23N3O4S. The molecule has 3 heterocycles. The summed E-state index contributed by atoms with van der Waals surface area (Å²) in [7, 11) is 0. The first-order valence-electron chi connectivity index (χ1n) is 10.8. The number of benzene rings is 2. The van der Waals surface area contributed by atoms with Gasteiger partial charge in [0.25, 0.3) is 5.91 Å². The highest BCUT2D eigenvalue weighted by molar-refractivity contribution is 7.15. The van der Waals surface area contributed by atoms with Gasteiger partial charge >= 0.3 is 0 Å². The standard InChI is InChI=1S/C25H23N3O4S/c1-12(2)9-19-26-27-25(33-19)28-21(15-5-7-16(29)8-6-15)20-22(30)17-10-13(3)14(4)11-18(17)32-23(20)24(28)31/h5-8,10-12,21,29H,9H2,1-4H3/t21-/m1/s1. The Hall–Kier alpha value is -3.52. The molecule has 8 heteroatoms. The van der Waals surface area contributed by atoms with E-state index in [9.17, 15) is 14.7 Å². The SMILES string of the molecule is Cc1cc2oc3c(c(=O)c2cc1C)[C@@H](c1ccc(O)cc1)N(c1nnc(CC(C)C)s1)C3=O. The summed E-state index contributed by atoms with van der Waals surface area (Å²) >= 11 is 1.34. The number of nitrogens with zero attached hydrogens (tertiary/aromatic N) is 3. The van der Waals surface area contributed by atoms with Crippen LogP contribution in [0.4, 0.5) is 5.13 Å². The van der Waals surface area contributed by atoms with Crippen molar-refractivity contribution in [1.82, 2.24) is 10.2 Å². The summed E-state index contributed by atoms with van der Waals surface area (Å²) in [5.41, 5.74) is 3.05. The van der Waals surface area contributed by atoms with Crippen LogP contribution in [0.25, 0.3) is 11.0 Å². The Balaban J connectivity index is 1.75. The van der Waals surface area contributed by atoms with Crippen LogP contribution in [-0.4, -0.2) is 21.2 Å². The molecular weight excluding hydrogens is 438 g/mol. The normalized spacial score (nSPS) is 15.6. The fraction of sp³-hybridized carbons (Fsp3) is 0.280. The van der Waals surface area contributed by atoms with Gasteiger partial charge < -0.3 is 9.52 Å². The average molecular weight is 462 g/mol. The number of fused-ring (bicyclic) bond motifs is 2. The third-order valence-corrected chi connectivity index (χ3v) is 6.89. The Morgan fingerprint density at radius 1 is 1.09 bits per heavy atom. The van der Waals surface area contributed by atoms with Gasteiger partial charge in [-0.25, -0.2) is 0 Å². The minimum Gasteiger partial charge on any atom is -0.508 e. The fourth-order valence-corrected chi connectivity index (χ4v) is 5.25. The van der Waals surface area contributed by atoms with E-state index in [-0.39, 0.29) is 22.5 Å². The molecule has 168 valence electrons. The van der Waals surface area contributed by atoms with E-state index >= 15 is 0 Å². The van der Waals surface area contributed by atoms with Gasteiger partial charge in [0, 0.05) is 6.42 Å². The van der Waals surface area contributed by atoms with E-state index in [0.29, 0.717) is 27.6 Å². The molecule has 5 rings (SSSR count). The van der Waals surface area contributed by atoms with Gasteiger partial charge in [-0.2, -0.15) is 0 Å². The van der Waals surface area contributed by atoms with Crippen molar-refractivity contribution in [2.24, 2.45) is 5.92 Å². The molecule has 0 radical (unpaired) electrons. The smallest absolute Gasteiger partial charge is 0.297 e. The lowest BCUT2D eigenvalue weighted by atomic mass is 9.97. The summed E-state index contributed by atoms with van der Waals surface area (Å²) in [4.78, 5) is 28.8. The summed E-state index contributed by atoms with van der Waals surface area (Å²) in [6.45, 7) is 8.06. The molecule has 1 atom stereocenters. The van der Waals surface area contributed by atoms with Crippen molar-refractivity contribution in [1.29, 1.82) is 0 Å². The molecule has 33 heavy (non-hydrogen) atoms. The van der Waals surface area contributed by atoms with E-state index in [1.165, 1.54) is 28.4 Å². The highest BCUT2D eigenvalue weighted by Gasteiger charge is 2.45. The van der Waals surface area contributed by atoms with Gasteiger partial charge in [-0.3, -0.25) is 14.5 Å². The number of phenols is 1. The maximum absolute atomic E-state index is 13.7.